The van der Waals surface area contributed by atoms with Gasteiger partial charge in [-0.15, -0.1) is 11.3 Å². The SMILES string of the molecule is C[C@H](N[C@@H](C)c1ccc(Cl)cc1)C(=O)NCc1cccs1. The average molecular weight is 323 g/mol. The van der Waals surface area contributed by atoms with Crippen molar-refractivity contribution < 1.29 is 4.79 Å². The van der Waals surface area contributed by atoms with Crippen molar-refractivity contribution in [2.24, 2.45) is 0 Å². The van der Waals surface area contributed by atoms with Crippen LogP contribution in [0, 0.1) is 0 Å². The van der Waals surface area contributed by atoms with Gasteiger partial charge in [-0.1, -0.05) is 29.8 Å². The lowest BCUT2D eigenvalue weighted by atomic mass is 10.1. The molecule has 0 spiro atoms. The first-order valence-electron chi connectivity index (χ1n) is 6.88. The van der Waals surface area contributed by atoms with Gasteiger partial charge in [0.25, 0.3) is 0 Å². The maximum absolute atomic E-state index is 12.1. The molecule has 112 valence electrons. The second-order valence-corrected chi connectivity index (χ2v) is 6.43. The van der Waals surface area contributed by atoms with Gasteiger partial charge in [-0.2, -0.15) is 0 Å². The highest BCUT2D eigenvalue weighted by molar-refractivity contribution is 7.09. The molecule has 1 amide bonds. The van der Waals surface area contributed by atoms with Gasteiger partial charge in [0.05, 0.1) is 12.6 Å². The Labute approximate surface area is 134 Å². The Morgan fingerprint density at radius 1 is 1.24 bits per heavy atom. The number of hydrogen-bond donors (Lipinski definition) is 2. The van der Waals surface area contributed by atoms with Gasteiger partial charge in [0.1, 0.15) is 0 Å². The molecule has 0 radical (unpaired) electrons. The zero-order valence-corrected chi connectivity index (χ0v) is 13.7. The van der Waals surface area contributed by atoms with E-state index in [9.17, 15) is 4.79 Å². The van der Waals surface area contributed by atoms with Crippen LogP contribution in [0.15, 0.2) is 41.8 Å². The molecule has 0 aliphatic rings. The van der Waals surface area contributed by atoms with Crippen molar-refractivity contribution in [1.29, 1.82) is 0 Å². The number of benzene rings is 1. The summed E-state index contributed by atoms with van der Waals surface area (Å²) in [5.74, 6) is 0.00390. The van der Waals surface area contributed by atoms with Gasteiger partial charge in [-0.3, -0.25) is 10.1 Å². The molecule has 3 nitrogen and oxygen atoms in total. The van der Waals surface area contributed by atoms with Gasteiger partial charge >= 0.3 is 0 Å². The second-order valence-electron chi connectivity index (χ2n) is 4.96. The van der Waals surface area contributed by atoms with Gasteiger partial charge in [0.15, 0.2) is 0 Å². The first-order valence-corrected chi connectivity index (χ1v) is 8.13. The Morgan fingerprint density at radius 3 is 2.57 bits per heavy atom. The molecule has 5 heteroatoms. The number of carbonyl (C=O) groups is 1. The fraction of sp³-hybridized carbons (Fsp3) is 0.312. The Kier molecular flexibility index (Phi) is 5.79. The molecule has 21 heavy (non-hydrogen) atoms. The predicted octanol–water partition coefficient (Wildman–Crippen LogP) is 3.76. The minimum Gasteiger partial charge on any atom is -0.350 e. The monoisotopic (exact) mass is 322 g/mol. The van der Waals surface area contributed by atoms with Gasteiger partial charge < -0.3 is 5.32 Å². The molecule has 1 heterocycles. The van der Waals surface area contributed by atoms with Crippen LogP contribution in [0.3, 0.4) is 0 Å². The smallest absolute Gasteiger partial charge is 0.237 e. The van der Waals surface area contributed by atoms with E-state index in [0.717, 1.165) is 10.4 Å². The highest BCUT2D eigenvalue weighted by Gasteiger charge is 2.16. The summed E-state index contributed by atoms with van der Waals surface area (Å²) in [7, 11) is 0. The van der Waals surface area contributed by atoms with E-state index in [1.54, 1.807) is 11.3 Å². The molecule has 0 aliphatic carbocycles. The fourth-order valence-corrected chi connectivity index (χ4v) is 2.81. The Balaban J connectivity index is 1.83. The van der Waals surface area contributed by atoms with Crippen molar-refractivity contribution >= 4 is 28.8 Å². The molecule has 2 N–H and O–H groups in total. The standard InChI is InChI=1S/C16H19ClN2OS/c1-11(13-5-7-14(17)8-6-13)19-12(2)16(20)18-10-15-4-3-9-21-15/h3-9,11-12,19H,10H2,1-2H3,(H,18,20)/t11-,12-/m0/s1. The quantitative estimate of drug-likeness (QED) is 0.850. The van der Waals surface area contributed by atoms with Crippen LogP contribution >= 0.6 is 22.9 Å². The number of nitrogens with one attached hydrogen (secondary N) is 2. The Bertz CT molecular complexity index is 568. The van der Waals surface area contributed by atoms with Gasteiger partial charge in [0.2, 0.25) is 5.91 Å². The largest absolute Gasteiger partial charge is 0.350 e. The topological polar surface area (TPSA) is 41.1 Å². The van der Waals surface area contributed by atoms with E-state index in [2.05, 4.69) is 10.6 Å². The summed E-state index contributed by atoms with van der Waals surface area (Å²) in [5, 5.41) is 8.95. The highest BCUT2D eigenvalue weighted by atomic mass is 35.5. The number of rotatable bonds is 6. The van der Waals surface area contributed by atoms with Crippen molar-refractivity contribution in [2.75, 3.05) is 0 Å². The number of amides is 1. The lowest BCUT2D eigenvalue weighted by Crippen LogP contribution is -2.42. The van der Waals surface area contributed by atoms with Crippen LogP contribution in [0.5, 0.6) is 0 Å². The van der Waals surface area contributed by atoms with Gasteiger partial charge in [-0.25, -0.2) is 0 Å². The Hall–Kier alpha value is -1.36. The fourth-order valence-electron chi connectivity index (χ4n) is 2.04. The van der Waals surface area contributed by atoms with Crippen molar-refractivity contribution in [3.8, 4) is 0 Å². The lowest BCUT2D eigenvalue weighted by Gasteiger charge is -2.20. The third-order valence-corrected chi connectivity index (χ3v) is 4.41. The number of halogens is 1. The summed E-state index contributed by atoms with van der Waals surface area (Å²) in [5.41, 5.74) is 1.11. The summed E-state index contributed by atoms with van der Waals surface area (Å²) < 4.78 is 0. The van der Waals surface area contributed by atoms with E-state index in [0.29, 0.717) is 11.6 Å². The van der Waals surface area contributed by atoms with Crippen LogP contribution in [0.25, 0.3) is 0 Å². The van der Waals surface area contributed by atoms with E-state index in [4.69, 9.17) is 11.6 Å². The Morgan fingerprint density at radius 2 is 1.95 bits per heavy atom. The van der Waals surface area contributed by atoms with Crippen molar-refractivity contribution in [3.63, 3.8) is 0 Å². The van der Waals surface area contributed by atoms with Crippen LogP contribution in [0.4, 0.5) is 0 Å². The summed E-state index contributed by atoms with van der Waals surface area (Å²) in [4.78, 5) is 13.2. The summed E-state index contributed by atoms with van der Waals surface area (Å²) in [6, 6.07) is 11.5. The summed E-state index contributed by atoms with van der Waals surface area (Å²) in [6.45, 7) is 4.49. The average Bonchev–Trinajstić information content (AvgIpc) is 2.98. The molecule has 0 saturated carbocycles. The van der Waals surface area contributed by atoms with Crippen LogP contribution in [-0.2, 0) is 11.3 Å². The van der Waals surface area contributed by atoms with Crippen molar-refractivity contribution in [1.82, 2.24) is 10.6 Å². The van der Waals surface area contributed by atoms with Gasteiger partial charge in [-0.05, 0) is 43.0 Å². The van der Waals surface area contributed by atoms with E-state index in [-0.39, 0.29) is 18.0 Å². The van der Waals surface area contributed by atoms with Crippen LogP contribution < -0.4 is 10.6 Å². The molecule has 1 aromatic carbocycles. The van der Waals surface area contributed by atoms with E-state index in [1.807, 2.05) is 55.6 Å². The summed E-state index contributed by atoms with van der Waals surface area (Å²) >= 11 is 7.52. The first kappa shape index (κ1) is 16.0. The van der Waals surface area contributed by atoms with Crippen LogP contribution in [-0.4, -0.2) is 11.9 Å². The van der Waals surface area contributed by atoms with E-state index < -0.39 is 0 Å². The first-order chi connectivity index (χ1) is 10.1. The summed E-state index contributed by atoms with van der Waals surface area (Å²) in [6.07, 6.45) is 0. The maximum Gasteiger partial charge on any atom is 0.237 e. The van der Waals surface area contributed by atoms with Crippen molar-refractivity contribution in [2.45, 2.75) is 32.5 Å². The van der Waals surface area contributed by atoms with Crippen LogP contribution in [0.1, 0.15) is 30.3 Å². The molecular formula is C16H19ClN2OS. The number of hydrogen-bond acceptors (Lipinski definition) is 3. The zero-order valence-electron chi connectivity index (χ0n) is 12.1. The van der Waals surface area contributed by atoms with E-state index in [1.165, 1.54) is 0 Å². The molecule has 2 atom stereocenters. The van der Waals surface area contributed by atoms with Crippen LogP contribution in [0.2, 0.25) is 5.02 Å². The number of carbonyl (C=O) groups excluding carboxylic acids is 1. The molecule has 2 aromatic rings. The predicted molar refractivity (Wildman–Crippen MR) is 88.6 cm³/mol. The third-order valence-electron chi connectivity index (χ3n) is 3.28. The molecule has 0 fully saturated rings. The molecule has 0 aliphatic heterocycles. The van der Waals surface area contributed by atoms with E-state index >= 15 is 0 Å². The maximum atomic E-state index is 12.1. The lowest BCUT2D eigenvalue weighted by molar-refractivity contribution is -0.123. The molecule has 0 saturated heterocycles. The molecule has 0 unspecified atom stereocenters. The molecule has 1 aromatic heterocycles. The normalized spacial score (nSPS) is 13.7. The minimum absolute atomic E-state index is 0.00390. The number of thiophene rings is 1. The molecule has 2 rings (SSSR count). The zero-order chi connectivity index (χ0) is 15.2. The molecular weight excluding hydrogens is 304 g/mol. The minimum atomic E-state index is -0.254. The third kappa shape index (κ3) is 4.84. The molecule has 0 bridgehead atoms. The van der Waals surface area contributed by atoms with Crippen molar-refractivity contribution in [3.05, 3.63) is 57.2 Å². The van der Waals surface area contributed by atoms with Gasteiger partial charge in [0, 0.05) is 15.9 Å². The second kappa shape index (κ2) is 7.59. The highest BCUT2D eigenvalue weighted by Crippen LogP contribution is 2.16.